The topological polar surface area (TPSA) is 120 Å². The molecule has 0 radical (unpaired) electrons. The zero-order valence-corrected chi connectivity index (χ0v) is 22.0. The van der Waals surface area contributed by atoms with Crippen LogP contribution in [0.15, 0.2) is 64.4 Å². The second-order valence-electron chi connectivity index (χ2n) is 10.6. The van der Waals surface area contributed by atoms with E-state index in [0.717, 1.165) is 33.2 Å². The average molecular weight is 548 g/mol. The number of amides is 3. The van der Waals surface area contributed by atoms with Gasteiger partial charge in [0, 0.05) is 27.3 Å². The van der Waals surface area contributed by atoms with E-state index in [4.69, 9.17) is 0 Å². The molecule has 38 heavy (non-hydrogen) atoms. The largest absolute Gasteiger partial charge is 0.508 e. The molecule has 10 heteroatoms. The van der Waals surface area contributed by atoms with Crippen LogP contribution in [0.5, 0.6) is 5.75 Å². The molecule has 3 amide bonds. The molecule has 3 heterocycles. The highest BCUT2D eigenvalue weighted by Gasteiger charge is 2.70. The Labute approximate surface area is 226 Å². The van der Waals surface area contributed by atoms with E-state index in [1.807, 2.05) is 18.2 Å². The number of para-hydroxylation sites is 2. The highest BCUT2D eigenvalue weighted by atomic mass is 32.2. The molecule has 2 bridgehead atoms. The number of H-pyrrole nitrogens is 1. The Morgan fingerprint density at radius 3 is 2.45 bits per heavy atom. The number of thiazole rings is 1. The zero-order chi connectivity index (χ0) is 26.3. The molecule has 8 nitrogen and oxygen atoms in total. The van der Waals surface area contributed by atoms with Crippen molar-refractivity contribution in [2.24, 2.45) is 29.6 Å². The molecule has 3 fully saturated rings. The number of benzene rings is 2. The van der Waals surface area contributed by atoms with E-state index >= 15 is 0 Å². The lowest BCUT2D eigenvalue weighted by molar-refractivity contribution is -0.146. The first-order valence-electron chi connectivity index (χ1n) is 12.8. The molecule has 0 spiro atoms. The van der Waals surface area contributed by atoms with Crippen molar-refractivity contribution in [1.82, 2.24) is 9.88 Å². The third kappa shape index (κ3) is 3.29. The number of aromatic amines is 1. The third-order valence-electron chi connectivity index (χ3n) is 8.84. The van der Waals surface area contributed by atoms with E-state index in [2.05, 4.69) is 10.3 Å². The maximum absolute atomic E-state index is 13.8. The van der Waals surface area contributed by atoms with Gasteiger partial charge < -0.3 is 15.4 Å². The van der Waals surface area contributed by atoms with E-state index in [1.165, 1.54) is 4.90 Å². The van der Waals surface area contributed by atoms with Crippen LogP contribution >= 0.6 is 23.1 Å². The van der Waals surface area contributed by atoms with Gasteiger partial charge in [-0.05, 0) is 49.3 Å². The normalized spacial score (nSPS) is 31.6. The van der Waals surface area contributed by atoms with Crippen LogP contribution in [0.25, 0.3) is 0 Å². The van der Waals surface area contributed by atoms with Crippen LogP contribution in [-0.4, -0.2) is 44.0 Å². The number of imide groups is 1. The first kappa shape index (κ1) is 23.7. The number of fused-ring (bicyclic) bond motifs is 9. The van der Waals surface area contributed by atoms with Crippen LogP contribution in [0, 0.1) is 29.6 Å². The Kier molecular flexibility index (Phi) is 5.35. The van der Waals surface area contributed by atoms with Gasteiger partial charge in [-0.1, -0.05) is 47.7 Å². The van der Waals surface area contributed by atoms with Gasteiger partial charge in [-0.15, -0.1) is 11.8 Å². The van der Waals surface area contributed by atoms with E-state index in [1.54, 1.807) is 55.1 Å². The number of carbonyl (C=O) groups excluding carboxylic acids is 3. The Hall–Kier alpha value is -3.37. The summed E-state index contributed by atoms with van der Waals surface area (Å²) in [6, 6.07) is 15.2. The fourth-order valence-electron chi connectivity index (χ4n) is 7.41. The number of hydrogen-bond donors (Lipinski definition) is 3. The molecular weight excluding hydrogens is 522 g/mol. The Bertz CT molecular complexity index is 1530. The maximum atomic E-state index is 13.8. The first-order valence-corrected chi connectivity index (χ1v) is 14.4. The molecule has 8 atom stereocenters. The van der Waals surface area contributed by atoms with Gasteiger partial charge in [0.15, 0.2) is 0 Å². The van der Waals surface area contributed by atoms with Crippen molar-refractivity contribution in [2.75, 3.05) is 5.32 Å². The SMILES string of the molecule is CC(C(=O)Nc1ccccc1)N1C(=O)C2C3CC(C2C1=O)C1C(c2ccccc2O)c2sc(=O)[nH]c2SC31. The molecule has 2 saturated carbocycles. The van der Waals surface area contributed by atoms with Crippen LogP contribution in [0.2, 0.25) is 0 Å². The summed E-state index contributed by atoms with van der Waals surface area (Å²) in [5.41, 5.74) is 1.35. The number of thioether (sulfide) groups is 1. The third-order valence-corrected chi connectivity index (χ3v) is 11.4. The van der Waals surface area contributed by atoms with E-state index in [0.29, 0.717) is 5.69 Å². The lowest BCUT2D eigenvalue weighted by Crippen LogP contribution is -2.46. The summed E-state index contributed by atoms with van der Waals surface area (Å²) in [5.74, 6) is -2.13. The highest BCUT2D eigenvalue weighted by Crippen LogP contribution is 2.69. The lowest BCUT2D eigenvalue weighted by atomic mass is 9.68. The summed E-state index contributed by atoms with van der Waals surface area (Å²) < 4.78 is 0. The highest BCUT2D eigenvalue weighted by molar-refractivity contribution is 8.00. The predicted octanol–water partition coefficient (Wildman–Crippen LogP) is 3.64. The summed E-state index contributed by atoms with van der Waals surface area (Å²) in [5, 5.41) is 14.4. The number of phenolic OH excluding ortho intramolecular Hbond substituents is 1. The molecule has 2 aliphatic carbocycles. The van der Waals surface area contributed by atoms with Gasteiger partial charge in [-0.3, -0.25) is 24.1 Å². The number of carbonyl (C=O) groups is 3. The lowest BCUT2D eigenvalue weighted by Gasteiger charge is -2.43. The average Bonchev–Trinajstić information content (AvgIpc) is 3.63. The Balaban J connectivity index is 1.23. The van der Waals surface area contributed by atoms with Gasteiger partial charge in [-0.2, -0.15) is 0 Å². The van der Waals surface area contributed by atoms with Crippen molar-refractivity contribution in [3.05, 3.63) is 74.7 Å². The number of anilines is 1. The van der Waals surface area contributed by atoms with Crippen molar-refractivity contribution in [3.63, 3.8) is 0 Å². The van der Waals surface area contributed by atoms with Crippen molar-refractivity contribution in [3.8, 4) is 5.75 Å². The van der Waals surface area contributed by atoms with Crippen LogP contribution in [-0.2, 0) is 14.4 Å². The Morgan fingerprint density at radius 1 is 1.03 bits per heavy atom. The number of phenols is 1. The fourth-order valence-corrected chi connectivity index (χ4v) is 10.3. The van der Waals surface area contributed by atoms with Crippen molar-refractivity contribution in [2.45, 2.75) is 35.6 Å². The number of nitrogens with one attached hydrogen (secondary N) is 2. The van der Waals surface area contributed by atoms with Crippen LogP contribution < -0.4 is 10.2 Å². The van der Waals surface area contributed by atoms with E-state index in [9.17, 15) is 24.3 Å². The molecule has 2 aromatic carbocycles. The van der Waals surface area contributed by atoms with Crippen LogP contribution in [0.3, 0.4) is 0 Å². The quantitative estimate of drug-likeness (QED) is 0.429. The minimum atomic E-state index is -0.929. The Morgan fingerprint density at radius 2 is 1.71 bits per heavy atom. The van der Waals surface area contributed by atoms with E-state index < -0.39 is 23.8 Å². The molecule has 3 aromatic rings. The second kappa shape index (κ2) is 8.57. The summed E-state index contributed by atoms with van der Waals surface area (Å²) in [6.07, 6.45) is 0.747. The number of rotatable bonds is 4. The van der Waals surface area contributed by atoms with Gasteiger partial charge >= 0.3 is 4.87 Å². The molecule has 2 aliphatic heterocycles. The molecular formula is C28H25N3O5S2. The molecule has 194 valence electrons. The number of aromatic nitrogens is 1. The standard InChI is InChI=1S/C28H25N3O5S2/c1-12(24(33)29-13-7-3-2-4-8-13)31-26(34)20-15-11-16(21(20)27(31)35)22-19(15)18(14-9-5-6-10-17(14)32)23-25(37-22)30-28(36)38-23/h2-10,12,15-16,18-22,32H,11H2,1H3,(H,29,33)(H,30,36). The van der Waals surface area contributed by atoms with Crippen molar-refractivity contribution < 1.29 is 19.5 Å². The smallest absolute Gasteiger partial charge is 0.305 e. The maximum Gasteiger partial charge on any atom is 0.305 e. The van der Waals surface area contributed by atoms with Gasteiger partial charge in [0.1, 0.15) is 11.8 Å². The van der Waals surface area contributed by atoms with Gasteiger partial charge in [0.05, 0.1) is 16.9 Å². The molecule has 7 rings (SSSR count). The monoisotopic (exact) mass is 547 g/mol. The minimum absolute atomic E-state index is 0.0105. The molecule has 3 N–H and O–H groups in total. The van der Waals surface area contributed by atoms with Gasteiger partial charge in [-0.25, -0.2) is 0 Å². The summed E-state index contributed by atoms with van der Waals surface area (Å²) in [7, 11) is 0. The first-order chi connectivity index (χ1) is 18.3. The molecule has 1 aromatic heterocycles. The number of likely N-dealkylation sites (tertiary alicyclic amines) is 1. The zero-order valence-electron chi connectivity index (χ0n) is 20.4. The van der Waals surface area contributed by atoms with Crippen LogP contribution in [0.4, 0.5) is 5.69 Å². The predicted molar refractivity (Wildman–Crippen MR) is 143 cm³/mol. The fraction of sp³-hybridized carbons (Fsp3) is 0.357. The van der Waals surface area contributed by atoms with Crippen LogP contribution in [0.1, 0.15) is 29.7 Å². The molecule has 1 saturated heterocycles. The number of nitrogens with zero attached hydrogens (tertiary/aromatic N) is 1. The summed E-state index contributed by atoms with van der Waals surface area (Å²) in [4.78, 5) is 57.9. The van der Waals surface area contributed by atoms with E-state index in [-0.39, 0.29) is 51.4 Å². The minimum Gasteiger partial charge on any atom is -0.508 e. The van der Waals surface area contributed by atoms with Crippen molar-refractivity contribution in [1.29, 1.82) is 0 Å². The number of hydrogen-bond acceptors (Lipinski definition) is 7. The molecule has 4 aliphatic rings. The molecule has 8 unspecified atom stereocenters. The summed E-state index contributed by atoms with van der Waals surface area (Å²) >= 11 is 2.75. The summed E-state index contributed by atoms with van der Waals surface area (Å²) in [6.45, 7) is 1.60. The number of aromatic hydroxyl groups is 1. The van der Waals surface area contributed by atoms with Crippen molar-refractivity contribution >= 4 is 46.5 Å². The van der Waals surface area contributed by atoms with Gasteiger partial charge in [0.25, 0.3) is 0 Å². The van der Waals surface area contributed by atoms with Gasteiger partial charge in [0.2, 0.25) is 17.7 Å². The second-order valence-corrected chi connectivity index (χ2v) is 12.8.